The van der Waals surface area contributed by atoms with E-state index < -0.39 is 0 Å². The van der Waals surface area contributed by atoms with Gasteiger partial charge in [0.05, 0.1) is 6.61 Å². The Morgan fingerprint density at radius 1 is 1.35 bits per heavy atom. The van der Waals surface area contributed by atoms with Crippen LogP contribution in [0.3, 0.4) is 0 Å². The molecule has 0 aliphatic carbocycles. The van der Waals surface area contributed by atoms with Crippen LogP contribution < -0.4 is 11.1 Å². The fraction of sp³-hybridized carbons (Fsp3) is 0.267. The highest BCUT2D eigenvalue weighted by molar-refractivity contribution is 6.03. The van der Waals surface area contributed by atoms with Crippen LogP contribution in [0.15, 0.2) is 42.6 Å². The monoisotopic (exact) mass is 273 g/mol. The Balaban J connectivity index is 2.09. The first-order chi connectivity index (χ1) is 9.74. The number of nitrogens with zero attached hydrogens (tertiary/aromatic N) is 1. The lowest BCUT2D eigenvalue weighted by Gasteiger charge is -2.10. The smallest absolute Gasteiger partial charge is 0.272 e. The molecular formula is C15H19N3O2. The van der Waals surface area contributed by atoms with Gasteiger partial charge in [-0.1, -0.05) is 12.1 Å². The Bertz CT molecular complexity index is 578. The molecule has 1 aromatic heterocycles. The molecule has 20 heavy (non-hydrogen) atoms. The number of hydrogen-bond acceptors (Lipinski definition) is 3. The number of ether oxygens (including phenoxy) is 1. The molecule has 0 saturated heterocycles. The Morgan fingerprint density at radius 2 is 2.20 bits per heavy atom. The maximum Gasteiger partial charge on any atom is 0.272 e. The van der Waals surface area contributed by atoms with E-state index in [4.69, 9.17) is 10.5 Å². The highest BCUT2D eigenvalue weighted by Gasteiger charge is 2.10. The molecule has 2 rings (SSSR count). The summed E-state index contributed by atoms with van der Waals surface area (Å²) in [6, 6.07) is 11.2. The quantitative estimate of drug-likeness (QED) is 0.844. The van der Waals surface area contributed by atoms with Gasteiger partial charge in [-0.2, -0.15) is 0 Å². The zero-order valence-corrected chi connectivity index (χ0v) is 11.5. The van der Waals surface area contributed by atoms with Crippen LogP contribution >= 0.6 is 0 Å². The molecule has 0 unspecified atom stereocenters. The first kappa shape index (κ1) is 14.3. The van der Waals surface area contributed by atoms with Crippen molar-refractivity contribution in [3.63, 3.8) is 0 Å². The number of nitrogens with one attached hydrogen (secondary N) is 1. The van der Waals surface area contributed by atoms with Crippen molar-refractivity contribution in [2.24, 2.45) is 5.73 Å². The normalized spacial score (nSPS) is 10.5. The molecule has 2 aromatic rings. The molecule has 0 atom stereocenters. The third-order valence-electron chi connectivity index (χ3n) is 3.02. The SMILES string of the molecule is COCCn1cccc1C(=O)Nc1cccc(CN)c1. The van der Waals surface area contributed by atoms with Crippen LogP contribution in [-0.4, -0.2) is 24.2 Å². The second-order valence-electron chi connectivity index (χ2n) is 4.44. The number of hydrogen-bond donors (Lipinski definition) is 2. The Hall–Kier alpha value is -2.11. The summed E-state index contributed by atoms with van der Waals surface area (Å²) in [5.74, 6) is -0.139. The van der Waals surface area contributed by atoms with Gasteiger partial charge in [-0.3, -0.25) is 4.79 Å². The van der Waals surface area contributed by atoms with Crippen LogP contribution in [0.25, 0.3) is 0 Å². The van der Waals surface area contributed by atoms with Crippen LogP contribution in [0.1, 0.15) is 16.1 Å². The lowest BCUT2D eigenvalue weighted by Crippen LogP contribution is -2.18. The van der Waals surface area contributed by atoms with Crippen molar-refractivity contribution >= 4 is 11.6 Å². The molecule has 0 spiro atoms. The van der Waals surface area contributed by atoms with Gasteiger partial charge in [-0.25, -0.2) is 0 Å². The largest absolute Gasteiger partial charge is 0.383 e. The average Bonchev–Trinajstić information content (AvgIpc) is 2.93. The third-order valence-corrected chi connectivity index (χ3v) is 3.02. The van der Waals surface area contributed by atoms with Gasteiger partial charge in [0.25, 0.3) is 5.91 Å². The van der Waals surface area contributed by atoms with Crippen molar-refractivity contribution in [2.45, 2.75) is 13.1 Å². The zero-order valence-electron chi connectivity index (χ0n) is 11.5. The highest BCUT2D eigenvalue weighted by atomic mass is 16.5. The third kappa shape index (κ3) is 3.46. The molecule has 0 radical (unpaired) electrons. The summed E-state index contributed by atoms with van der Waals surface area (Å²) in [7, 11) is 1.64. The maximum atomic E-state index is 12.3. The summed E-state index contributed by atoms with van der Waals surface area (Å²) in [5.41, 5.74) is 7.94. The van der Waals surface area contributed by atoms with Gasteiger partial charge in [0.1, 0.15) is 5.69 Å². The first-order valence-electron chi connectivity index (χ1n) is 6.49. The van der Waals surface area contributed by atoms with E-state index in [1.54, 1.807) is 13.2 Å². The van der Waals surface area contributed by atoms with Gasteiger partial charge in [-0.15, -0.1) is 0 Å². The van der Waals surface area contributed by atoms with Crippen molar-refractivity contribution in [3.05, 3.63) is 53.9 Å². The van der Waals surface area contributed by atoms with Crippen LogP contribution in [0, 0.1) is 0 Å². The molecule has 106 valence electrons. The summed E-state index contributed by atoms with van der Waals surface area (Å²) >= 11 is 0. The number of aromatic nitrogens is 1. The fourth-order valence-corrected chi connectivity index (χ4v) is 1.98. The second-order valence-corrected chi connectivity index (χ2v) is 4.44. The van der Waals surface area contributed by atoms with E-state index >= 15 is 0 Å². The summed E-state index contributed by atoms with van der Waals surface area (Å²) in [6.45, 7) is 1.67. The van der Waals surface area contributed by atoms with Crippen molar-refractivity contribution in [1.82, 2.24) is 4.57 Å². The fourth-order valence-electron chi connectivity index (χ4n) is 1.98. The summed E-state index contributed by atoms with van der Waals surface area (Å²) in [5, 5.41) is 2.88. The number of amides is 1. The van der Waals surface area contributed by atoms with Gasteiger partial charge in [0.2, 0.25) is 0 Å². The van der Waals surface area contributed by atoms with Crippen LogP contribution in [-0.2, 0) is 17.8 Å². The van der Waals surface area contributed by atoms with E-state index in [0.29, 0.717) is 25.4 Å². The van der Waals surface area contributed by atoms with E-state index in [1.165, 1.54) is 0 Å². The van der Waals surface area contributed by atoms with Crippen LogP contribution in [0.5, 0.6) is 0 Å². The van der Waals surface area contributed by atoms with E-state index in [0.717, 1.165) is 11.3 Å². The molecule has 1 aromatic carbocycles. The molecule has 5 nitrogen and oxygen atoms in total. The van der Waals surface area contributed by atoms with Crippen LogP contribution in [0.2, 0.25) is 0 Å². The van der Waals surface area contributed by atoms with E-state index in [9.17, 15) is 4.79 Å². The lowest BCUT2D eigenvalue weighted by molar-refractivity contribution is 0.101. The summed E-state index contributed by atoms with van der Waals surface area (Å²) in [6.07, 6.45) is 1.87. The first-order valence-corrected chi connectivity index (χ1v) is 6.49. The molecule has 0 bridgehead atoms. The average molecular weight is 273 g/mol. The standard InChI is InChI=1S/C15H19N3O2/c1-20-9-8-18-7-3-6-14(18)15(19)17-13-5-2-4-12(10-13)11-16/h2-7,10H,8-9,11,16H2,1H3,(H,17,19). The molecule has 1 heterocycles. The van der Waals surface area contributed by atoms with Crippen molar-refractivity contribution in [3.8, 4) is 0 Å². The number of anilines is 1. The van der Waals surface area contributed by atoms with Gasteiger partial charge >= 0.3 is 0 Å². The molecule has 0 saturated carbocycles. The predicted molar refractivity (Wildman–Crippen MR) is 78.6 cm³/mol. The molecule has 0 aliphatic rings. The lowest BCUT2D eigenvalue weighted by atomic mass is 10.2. The van der Waals surface area contributed by atoms with Gasteiger partial charge < -0.3 is 20.4 Å². The van der Waals surface area contributed by atoms with Crippen molar-refractivity contribution in [1.29, 1.82) is 0 Å². The minimum atomic E-state index is -0.139. The van der Waals surface area contributed by atoms with E-state index in [-0.39, 0.29) is 5.91 Å². The molecule has 0 fully saturated rings. The minimum absolute atomic E-state index is 0.139. The van der Waals surface area contributed by atoms with Crippen LogP contribution in [0.4, 0.5) is 5.69 Å². The van der Waals surface area contributed by atoms with E-state index in [1.807, 2.05) is 41.1 Å². The molecule has 5 heteroatoms. The van der Waals surface area contributed by atoms with E-state index in [2.05, 4.69) is 5.32 Å². The molecule has 0 aliphatic heterocycles. The van der Waals surface area contributed by atoms with Gasteiger partial charge in [-0.05, 0) is 29.8 Å². The van der Waals surface area contributed by atoms with Crippen molar-refractivity contribution in [2.75, 3.05) is 19.0 Å². The Kier molecular flexibility index (Phi) is 4.92. The second kappa shape index (κ2) is 6.88. The highest BCUT2D eigenvalue weighted by Crippen LogP contribution is 2.12. The number of benzene rings is 1. The molecular weight excluding hydrogens is 254 g/mol. The number of nitrogens with two attached hydrogens (primary N) is 1. The summed E-state index contributed by atoms with van der Waals surface area (Å²) in [4.78, 5) is 12.3. The number of carbonyl (C=O) groups excluding carboxylic acids is 1. The maximum absolute atomic E-state index is 12.3. The molecule has 1 amide bonds. The Labute approximate surface area is 118 Å². The van der Waals surface area contributed by atoms with Crippen molar-refractivity contribution < 1.29 is 9.53 Å². The van der Waals surface area contributed by atoms with Gasteiger partial charge in [0, 0.05) is 32.1 Å². The summed E-state index contributed by atoms with van der Waals surface area (Å²) < 4.78 is 6.90. The number of rotatable bonds is 6. The minimum Gasteiger partial charge on any atom is -0.383 e. The number of methoxy groups -OCH3 is 1. The molecule has 3 N–H and O–H groups in total. The Morgan fingerprint density at radius 3 is 2.95 bits per heavy atom. The zero-order chi connectivity index (χ0) is 14.4. The predicted octanol–water partition coefficient (Wildman–Crippen LogP) is 1.85. The number of carbonyl (C=O) groups is 1. The van der Waals surface area contributed by atoms with Gasteiger partial charge in [0.15, 0.2) is 0 Å². The topological polar surface area (TPSA) is 69.3 Å².